The number of halogens is 2. The smallest absolute Gasteiger partial charge is 0.312 e. The third-order valence-electron chi connectivity index (χ3n) is 4.23. The Kier molecular flexibility index (Phi) is 5.90. The minimum Gasteiger partial charge on any atom is -0.466 e. The molecule has 2 aromatic rings. The molecule has 0 amide bonds. The van der Waals surface area contributed by atoms with Crippen molar-refractivity contribution in [3.05, 3.63) is 71.3 Å². The zero-order valence-electron chi connectivity index (χ0n) is 14.5. The normalized spacial score (nSPS) is 12.9. The molecule has 0 heterocycles. The molecule has 134 valence electrons. The number of aliphatic hydroxyl groups is 1. The van der Waals surface area contributed by atoms with E-state index in [2.05, 4.69) is 0 Å². The van der Waals surface area contributed by atoms with Gasteiger partial charge in [-0.2, -0.15) is 0 Å². The lowest BCUT2D eigenvalue weighted by Crippen LogP contribution is -2.44. The van der Waals surface area contributed by atoms with Crippen molar-refractivity contribution in [1.29, 1.82) is 0 Å². The monoisotopic (exact) mass is 348 g/mol. The van der Waals surface area contributed by atoms with Crippen LogP contribution < -0.4 is 0 Å². The SMILES string of the molecule is CCOC(=O)C(C(C)C)C(O)(c1ccc(F)cc1)c1ccc(F)cc1. The van der Waals surface area contributed by atoms with Crippen LogP contribution in [0.15, 0.2) is 48.5 Å². The lowest BCUT2D eigenvalue weighted by atomic mass is 9.71. The van der Waals surface area contributed by atoms with Gasteiger partial charge in [-0.05, 0) is 48.2 Å². The van der Waals surface area contributed by atoms with Gasteiger partial charge in [0.15, 0.2) is 0 Å². The van der Waals surface area contributed by atoms with Crippen molar-refractivity contribution in [3.63, 3.8) is 0 Å². The second kappa shape index (κ2) is 7.74. The van der Waals surface area contributed by atoms with Gasteiger partial charge < -0.3 is 9.84 Å². The summed E-state index contributed by atoms with van der Waals surface area (Å²) in [5.41, 5.74) is -1.10. The van der Waals surface area contributed by atoms with E-state index in [1.165, 1.54) is 48.5 Å². The maximum atomic E-state index is 13.3. The lowest BCUT2D eigenvalue weighted by Gasteiger charge is -2.38. The van der Waals surface area contributed by atoms with E-state index in [1.807, 2.05) is 0 Å². The maximum Gasteiger partial charge on any atom is 0.312 e. The molecule has 1 unspecified atom stereocenters. The first-order valence-corrected chi connectivity index (χ1v) is 8.21. The van der Waals surface area contributed by atoms with E-state index in [4.69, 9.17) is 4.74 Å². The first-order chi connectivity index (χ1) is 11.8. The Morgan fingerprint density at radius 1 is 1.00 bits per heavy atom. The van der Waals surface area contributed by atoms with E-state index in [0.29, 0.717) is 11.1 Å². The van der Waals surface area contributed by atoms with Gasteiger partial charge in [0.1, 0.15) is 17.2 Å². The summed E-state index contributed by atoms with van der Waals surface area (Å²) in [5, 5.41) is 11.6. The second-order valence-corrected chi connectivity index (χ2v) is 6.25. The fraction of sp³-hybridized carbons (Fsp3) is 0.350. The van der Waals surface area contributed by atoms with Crippen molar-refractivity contribution in [2.45, 2.75) is 26.4 Å². The number of esters is 1. The highest BCUT2D eigenvalue weighted by molar-refractivity contribution is 5.75. The average Bonchev–Trinajstić information content (AvgIpc) is 2.55. The molecule has 0 saturated heterocycles. The van der Waals surface area contributed by atoms with Crippen molar-refractivity contribution >= 4 is 5.97 Å². The van der Waals surface area contributed by atoms with Gasteiger partial charge in [-0.15, -0.1) is 0 Å². The standard InChI is InChI=1S/C20H22F2O3/c1-4-25-19(23)18(13(2)3)20(24,14-5-9-16(21)10-6-14)15-7-11-17(22)12-8-15/h5-13,18,24H,4H2,1-3H3. The molecule has 0 spiro atoms. The molecule has 0 saturated carbocycles. The minimum atomic E-state index is -1.78. The van der Waals surface area contributed by atoms with Crippen molar-refractivity contribution in [2.24, 2.45) is 11.8 Å². The van der Waals surface area contributed by atoms with Crippen molar-refractivity contribution in [1.82, 2.24) is 0 Å². The highest BCUT2D eigenvalue weighted by Gasteiger charge is 2.47. The van der Waals surface area contributed by atoms with Crippen LogP contribution in [0.5, 0.6) is 0 Å². The number of carbonyl (C=O) groups excluding carboxylic acids is 1. The molecule has 1 atom stereocenters. The Morgan fingerprint density at radius 2 is 1.40 bits per heavy atom. The molecular formula is C20H22F2O3. The molecule has 5 heteroatoms. The van der Waals surface area contributed by atoms with E-state index >= 15 is 0 Å². The minimum absolute atomic E-state index is 0.172. The summed E-state index contributed by atoms with van der Waals surface area (Å²) in [6.45, 7) is 5.44. The molecule has 0 aliphatic heterocycles. The molecule has 0 aliphatic carbocycles. The van der Waals surface area contributed by atoms with Crippen LogP contribution in [0, 0.1) is 23.5 Å². The summed E-state index contributed by atoms with van der Waals surface area (Å²) in [5.74, 6) is -2.69. The van der Waals surface area contributed by atoms with Crippen LogP contribution in [0.3, 0.4) is 0 Å². The van der Waals surface area contributed by atoms with Gasteiger partial charge in [-0.25, -0.2) is 8.78 Å². The maximum absolute atomic E-state index is 13.3. The summed E-state index contributed by atoms with van der Waals surface area (Å²) < 4.78 is 31.8. The zero-order valence-corrected chi connectivity index (χ0v) is 14.5. The molecule has 2 aromatic carbocycles. The Bertz CT molecular complexity index is 663. The average molecular weight is 348 g/mol. The first-order valence-electron chi connectivity index (χ1n) is 8.21. The van der Waals surface area contributed by atoms with Gasteiger partial charge in [-0.3, -0.25) is 4.79 Å². The summed E-state index contributed by atoms with van der Waals surface area (Å²) >= 11 is 0. The molecule has 0 bridgehead atoms. The summed E-state index contributed by atoms with van der Waals surface area (Å²) in [6.07, 6.45) is 0. The Labute approximate surface area is 146 Å². The molecule has 3 nitrogen and oxygen atoms in total. The Balaban J connectivity index is 2.67. The van der Waals surface area contributed by atoms with Crippen LogP contribution in [0.1, 0.15) is 31.9 Å². The molecule has 25 heavy (non-hydrogen) atoms. The van der Waals surface area contributed by atoms with Crippen molar-refractivity contribution in [3.8, 4) is 0 Å². The quantitative estimate of drug-likeness (QED) is 0.802. The molecular weight excluding hydrogens is 326 g/mol. The van der Waals surface area contributed by atoms with Crippen LogP contribution in [0.25, 0.3) is 0 Å². The number of hydrogen-bond acceptors (Lipinski definition) is 3. The highest BCUT2D eigenvalue weighted by atomic mass is 19.1. The molecule has 0 fully saturated rings. The molecule has 0 aromatic heterocycles. The Morgan fingerprint density at radius 3 is 1.72 bits per heavy atom. The van der Waals surface area contributed by atoms with Gasteiger partial charge >= 0.3 is 5.97 Å². The van der Waals surface area contributed by atoms with E-state index in [0.717, 1.165) is 0 Å². The first kappa shape index (κ1) is 19.1. The summed E-state index contributed by atoms with van der Waals surface area (Å²) in [6, 6.07) is 10.6. The van der Waals surface area contributed by atoms with Crippen LogP contribution in [0.2, 0.25) is 0 Å². The van der Waals surface area contributed by atoms with Gasteiger partial charge in [0.05, 0.1) is 12.5 Å². The molecule has 1 N–H and O–H groups in total. The third kappa shape index (κ3) is 3.87. The molecule has 0 aliphatic rings. The molecule has 2 rings (SSSR count). The van der Waals surface area contributed by atoms with Crippen molar-refractivity contribution in [2.75, 3.05) is 6.61 Å². The van der Waals surface area contributed by atoms with Crippen LogP contribution in [-0.2, 0) is 15.1 Å². The molecule has 0 radical (unpaired) electrons. The van der Waals surface area contributed by atoms with Crippen LogP contribution in [-0.4, -0.2) is 17.7 Å². The largest absolute Gasteiger partial charge is 0.466 e. The Hall–Kier alpha value is -2.27. The fourth-order valence-corrected chi connectivity index (χ4v) is 3.09. The number of carbonyl (C=O) groups is 1. The van der Waals surface area contributed by atoms with Crippen LogP contribution in [0.4, 0.5) is 8.78 Å². The topological polar surface area (TPSA) is 46.5 Å². The second-order valence-electron chi connectivity index (χ2n) is 6.25. The van der Waals surface area contributed by atoms with Gasteiger partial charge in [-0.1, -0.05) is 38.1 Å². The predicted molar refractivity (Wildman–Crippen MR) is 90.8 cm³/mol. The van der Waals surface area contributed by atoms with Crippen LogP contribution >= 0.6 is 0 Å². The fourth-order valence-electron chi connectivity index (χ4n) is 3.09. The number of benzene rings is 2. The van der Waals surface area contributed by atoms with Gasteiger partial charge in [0.2, 0.25) is 0 Å². The predicted octanol–water partition coefficient (Wildman–Crippen LogP) is 4.04. The summed E-state index contributed by atoms with van der Waals surface area (Å²) in [7, 11) is 0. The van der Waals surface area contributed by atoms with E-state index < -0.39 is 29.1 Å². The van der Waals surface area contributed by atoms with Gasteiger partial charge in [0.25, 0.3) is 0 Å². The van der Waals surface area contributed by atoms with Gasteiger partial charge in [0, 0.05) is 0 Å². The van der Waals surface area contributed by atoms with E-state index in [1.54, 1.807) is 20.8 Å². The number of hydrogen-bond donors (Lipinski definition) is 1. The number of ether oxygens (including phenoxy) is 1. The van der Waals surface area contributed by atoms with E-state index in [-0.39, 0.29) is 12.5 Å². The lowest BCUT2D eigenvalue weighted by molar-refractivity contribution is -0.159. The highest BCUT2D eigenvalue weighted by Crippen LogP contribution is 2.41. The number of rotatable bonds is 6. The van der Waals surface area contributed by atoms with Crippen molar-refractivity contribution < 1.29 is 23.4 Å². The third-order valence-corrected chi connectivity index (χ3v) is 4.23. The summed E-state index contributed by atoms with van der Waals surface area (Å²) in [4.78, 5) is 12.6. The zero-order chi connectivity index (χ0) is 18.6. The van der Waals surface area contributed by atoms with E-state index in [9.17, 15) is 18.7 Å².